The summed E-state index contributed by atoms with van der Waals surface area (Å²) in [7, 11) is 0. The lowest BCUT2D eigenvalue weighted by molar-refractivity contribution is 0.0894. The van der Waals surface area contributed by atoms with Gasteiger partial charge in [0.25, 0.3) is 11.8 Å². The van der Waals surface area contributed by atoms with Crippen LogP contribution in [-0.2, 0) is 0 Å². The molecular weight excluding hydrogens is 326 g/mol. The minimum absolute atomic E-state index is 0.0600. The predicted octanol–water partition coefficient (Wildman–Crippen LogP) is 4.50. The maximum absolute atomic E-state index is 13.2. The summed E-state index contributed by atoms with van der Waals surface area (Å²) in [5, 5.41) is 12.9. The van der Waals surface area contributed by atoms with E-state index in [9.17, 15) is 14.7 Å². The number of hydrogen-bond acceptors (Lipinski definition) is 3. The van der Waals surface area contributed by atoms with E-state index < -0.39 is 0 Å². The molecule has 0 aromatic heterocycles. The van der Waals surface area contributed by atoms with Crippen molar-refractivity contribution in [2.75, 3.05) is 4.90 Å². The molecular formula is C22H13NO3. The molecule has 0 saturated carbocycles. The lowest BCUT2D eigenvalue weighted by Gasteiger charge is -2.28. The molecule has 2 amide bonds. The maximum atomic E-state index is 13.2. The van der Waals surface area contributed by atoms with Crippen molar-refractivity contribution in [2.24, 2.45) is 0 Å². The number of nitrogens with zero attached hydrogens (tertiary/aromatic N) is 1. The van der Waals surface area contributed by atoms with Crippen molar-refractivity contribution >= 4 is 39.0 Å². The molecule has 1 aliphatic rings. The van der Waals surface area contributed by atoms with Gasteiger partial charge in [-0.25, -0.2) is 4.90 Å². The van der Waals surface area contributed by atoms with Crippen LogP contribution < -0.4 is 4.90 Å². The molecule has 4 aromatic carbocycles. The van der Waals surface area contributed by atoms with E-state index >= 15 is 0 Å². The summed E-state index contributed by atoms with van der Waals surface area (Å²) >= 11 is 0. The number of benzene rings is 4. The molecule has 4 aromatic rings. The van der Waals surface area contributed by atoms with Crippen molar-refractivity contribution in [3.05, 3.63) is 83.9 Å². The Morgan fingerprint density at radius 3 is 2.15 bits per heavy atom. The van der Waals surface area contributed by atoms with Gasteiger partial charge in [-0.05, 0) is 29.7 Å². The Kier molecular flexibility index (Phi) is 2.91. The fraction of sp³-hybridized carbons (Fsp3) is 0. The summed E-state index contributed by atoms with van der Waals surface area (Å²) in [5.41, 5.74) is 1.40. The van der Waals surface area contributed by atoms with Crippen LogP contribution in [0.2, 0.25) is 0 Å². The fourth-order valence-electron chi connectivity index (χ4n) is 3.70. The standard InChI is InChI=1S/C22H13NO3/c24-19-12-11-17-20-15(19)8-4-9-16(20)21(25)23(22(17)26)18-10-3-6-13-5-1-2-7-14(13)18/h1-12,24H. The van der Waals surface area contributed by atoms with Crippen molar-refractivity contribution in [1.82, 2.24) is 0 Å². The minimum Gasteiger partial charge on any atom is -0.507 e. The average Bonchev–Trinajstić information content (AvgIpc) is 2.67. The molecule has 0 unspecified atom stereocenters. The van der Waals surface area contributed by atoms with E-state index in [0.29, 0.717) is 27.6 Å². The summed E-state index contributed by atoms with van der Waals surface area (Å²) < 4.78 is 0. The lowest BCUT2D eigenvalue weighted by Crippen LogP contribution is -2.40. The van der Waals surface area contributed by atoms with Crippen LogP contribution in [0.3, 0.4) is 0 Å². The van der Waals surface area contributed by atoms with Gasteiger partial charge in [0.2, 0.25) is 0 Å². The zero-order valence-corrected chi connectivity index (χ0v) is 13.6. The van der Waals surface area contributed by atoms with Crippen molar-refractivity contribution in [3.63, 3.8) is 0 Å². The summed E-state index contributed by atoms with van der Waals surface area (Å²) in [4.78, 5) is 27.6. The molecule has 1 aliphatic heterocycles. The number of hydrogen-bond donors (Lipinski definition) is 1. The summed E-state index contributed by atoms with van der Waals surface area (Å²) in [5.74, 6) is -0.699. The highest BCUT2D eigenvalue weighted by molar-refractivity contribution is 6.37. The van der Waals surface area contributed by atoms with Crippen LogP contribution >= 0.6 is 0 Å². The second kappa shape index (κ2) is 5.17. The van der Waals surface area contributed by atoms with Gasteiger partial charge in [-0.3, -0.25) is 9.59 Å². The molecule has 4 nitrogen and oxygen atoms in total. The van der Waals surface area contributed by atoms with Gasteiger partial charge in [-0.1, -0.05) is 48.5 Å². The monoisotopic (exact) mass is 339 g/mol. The van der Waals surface area contributed by atoms with Crippen LogP contribution in [-0.4, -0.2) is 16.9 Å². The van der Waals surface area contributed by atoms with Crippen molar-refractivity contribution < 1.29 is 14.7 Å². The predicted molar refractivity (Wildman–Crippen MR) is 101 cm³/mol. The Morgan fingerprint density at radius 1 is 0.654 bits per heavy atom. The highest BCUT2D eigenvalue weighted by Crippen LogP contribution is 2.38. The SMILES string of the molecule is O=C1c2cccc3c(O)ccc(c23)C(=O)N1c1cccc2ccccc12. The van der Waals surface area contributed by atoms with Crippen molar-refractivity contribution in [1.29, 1.82) is 0 Å². The largest absolute Gasteiger partial charge is 0.507 e. The van der Waals surface area contributed by atoms with E-state index in [0.717, 1.165) is 10.8 Å². The molecule has 4 heteroatoms. The number of amides is 2. The number of anilines is 1. The number of phenolic OH excluding ortho intramolecular Hbond substituents is 1. The Labute approximate surface area is 148 Å². The zero-order valence-electron chi connectivity index (χ0n) is 13.6. The Bertz CT molecular complexity index is 1220. The number of fused-ring (bicyclic) bond motifs is 1. The Morgan fingerprint density at radius 2 is 1.31 bits per heavy atom. The van der Waals surface area contributed by atoms with Crippen LogP contribution in [0.1, 0.15) is 20.7 Å². The second-order valence-corrected chi connectivity index (χ2v) is 6.30. The van der Waals surface area contributed by atoms with Crippen LogP contribution in [0.5, 0.6) is 5.75 Å². The quantitative estimate of drug-likeness (QED) is 0.520. The number of imide groups is 1. The zero-order chi connectivity index (χ0) is 17.8. The van der Waals surface area contributed by atoms with Crippen LogP contribution in [0.4, 0.5) is 5.69 Å². The van der Waals surface area contributed by atoms with Gasteiger partial charge in [0, 0.05) is 27.3 Å². The van der Waals surface area contributed by atoms with Crippen molar-refractivity contribution in [3.8, 4) is 5.75 Å². The van der Waals surface area contributed by atoms with Gasteiger partial charge >= 0.3 is 0 Å². The van der Waals surface area contributed by atoms with E-state index in [2.05, 4.69) is 0 Å². The Hall–Kier alpha value is -3.66. The van der Waals surface area contributed by atoms with Gasteiger partial charge in [0.05, 0.1) is 5.69 Å². The fourth-order valence-corrected chi connectivity index (χ4v) is 3.70. The lowest BCUT2D eigenvalue weighted by atomic mass is 9.92. The molecule has 0 aliphatic carbocycles. The van der Waals surface area contributed by atoms with E-state index in [4.69, 9.17) is 0 Å². The first-order valence-electron chi connectivity index (χ1n) is 8.28. The molecule has 1 N–H and O–H groups in total. The van der Waals surface area contributed by atoms with E-state index in [1.54, 1.807) is 30.3 Å². The summed E-state index contributed by atoms with van der Waals surface area (Å²) in [6.07, 6.45) is 0. The molecule has 5 rings (SSSR count). The number of carbonyl (C=O) groups is 2. The molecule has 124 valence electrons. The molecule has 0 atom stereocenters. The van der Waals surface area contributed by atoms with Gasteiger partial charge in [0.15, 0.2) is 0 Å². The normalized spacial score (nSPS) is 13.6. The highest BCUT2D eigenvalue weighted by Gasteiger charge is 2.35. The molecule has 1 heterocycles. The topological polar surface area (TPSA) is 57.6 Å². The number of phenols is 1. The first-order valence-corrected chi connectivity index (χ1v) is 8.28. The first kappa shape index (κ1) is 14.7. The summed E-state index contributed by atoms with van der Waals surface area (Å²) in [6, 6.07) is 21.4. The van der Waals surface area contributed by atoms with Gasteiger partial charge in [-0.2, -0.15) is 0 Å². The van der Waals surface area contributed by atoms with E-state index in [1.165, 1.54) is 11.0 Å². The third-order valence-electron chi connectivity index (χ3n) is 4.89. The number of carbonyl (C=O) groups excluding carboxylic acids is 2. The smallest absolute Gasteiger partial charge is 0.266 e. The molecule has 26 heavy (non-hydrogen) atoms. The number of aromatic hydroxyl groups is 1. The first-order chi connectivity index (χ1) is 12.7. The van der Waals surface area contributed by atoms with Gasteiger partial charge < -0.3 is 5.11 Å². The third-order valence-corrected chi connectivity index (χ3v) is 4.89. The second-order valence-electron chi connectivity index (χ2n) is 6.30. The Balaban J connectivity index is 1.82. The molecule has 0 saturated heterocycles. The molecule has 0 fully saturated rings. The van der Waals surface area contributed by atoms with Crippen molar-refractivity contribution in [2.45, 2.75) is 0 Å². The minimum atomic E-state index is -0.380. The third kappa shape index (κ3) is 1.84. The van der Waals surface area contributed by atoms with Crippen LogP contribution in [0, 0.1) is 0 Å². The van der Waals surface area contributed by atoms with Crippen LogP contribution in [0.15, 0.2) is 72.8 Å². The molecule has 0 radical (unpaired) electrons. The van der Waals surface area contributed by atoms with Gasteiger partial charge in [0.1, 0.15) is 5.75 Å². The van der Waals surface area contributed by atoms with E-state index in [1.807, 2.05) is 36.4 Å². The van der Waals surface area contributed by atoms with Gasteiger partial charge in [-0.15, -0.1) is 0 Å². The molecule has 0 spiro atoms. The average molecular weight is 339 g/mol. The maximum Gasteiger partial charge on any atom is 0.266 e. The highest BCUT2D eigenvalue weighted by atomic mass is 16.3. The van der Waals surface area contributed by atoms with E-state index in [-0.39, 0.29) is 17.6 Å². The summed E-state index contributed by atoms with van der Waals surface area (Å²) in [6.45, 7) is 0. The number of rotatable bonds is 1. The van der Waals surface area contributed by atoms with Crippen LogP contribution in [0.25, 0.3) is 21.5 Å². The molecule has 0 bridgehead atoms.